The van der Waals surface area contributed by atoms with Crippen LogP contribution in [0.2, 0.25) is 0 Å². The van der Waals surface area contributed by atoms with Crippen LogP contribution < -0.4 is 5.32 Å². The molecule has 0 saturated carbocycles. The Balaban J connectivity index is 0.00000323. The zero-order valence-electron chi connectivity index (χ0n) is 22.5. The zero-order chi connectivity index (χ0) is 27.1. The van der Waals surface area contributed by atoms with Gasteiger partial charge in [-0.2, -0.15) is 10.2 Å². The van der Waals surface area contributed by atoms with Gasteiger partial charge in [0.1, 0.15) is 28.2 Å². The Labute approximate surface area is 233 Å². The normalized spacial score (nSPS) is 15.2. The highest BCUT2D eigenvalue weighted by molar-refractivity contribution is 7.82. The monoisotopic (exact) mass is 561 g/mol. The number of rotatable bonds is 6. The summed E-state index contributed by atoms with van der Waals surface area (Å²) in [6, 6.07) is 11.7. The third kappa shape index (κ3) is 5.18. The number of fused-ring (bicyclic) bond motifs is 1. The Morgan fingerprint density at radius 3 is 2.58 bits per heavy atom. The summed E-state index contributed by atoms with van der Waals surface area (Å²) in [6.07, 6.45) is 8.33. The van der Waals surface area contributed by atoms with Crippen LogP contribution in [0.3, 0.4) is 0 Å². The van der Waals surface area contributed by atoms with E-state index in [1.807, 2.05) is 66.3 Å². The second-order valence-corrected chi connectivity index (χ2v) is 11.2. The second-order valence-electron chi connectivity index (χ2n) is 9.79. The summed E-state index contributed by atoms with van der Waals surface area (Å²) in [5, 5.41) is 12.8. The predicted octanol–water partition coefficient (Wildman–Crippen LogP) is 2.60. The molecule has 1 aliphatic rings. The third-order valence-electron chi connectivity index (χ3n) is 7.14. The maximum atomic E-state index is 13.3. The molecule has 6 rings (SSSR count). The average molecular weight is 562 g/mol. The van der Waals surface area contributed by atoms with Crippen LogP contribution in [0.15, 0.2) is 66.2 Å². The molecule has 208 valence electrons. The summed E-state index contributed by atoms with van der Waals surface area (Å²) in [7, 11) is 0.611. The molecule has 1 aromatic carbocycles. The molecule has 40 heavy (non-hydrogen) atoms. The molecule has 1 amide bonds. The quantitative estimate of drug-likeness (QED) is 0.337. The van der Waals surface area contributed by atoms with Gasteiger partial charge in [0.15, 0.2) is 10.7 Å². The largest absolute Gasteiger partial charge is 0.412 e. The number of aryl methyl sites for hydroxylation is 3. The number of imidazole rings is 1. The molecule has 3 N–H and O–H groups in total. The van der Waals surface area contributed by atoms with Gasteiger partial charge in [-0.3, -0.25) is 4.79 Å². The first-order valence-electron chi connectivity index (χ1n) is 12.8. The average Bonchev–Trinajstić information content (AvgIpc) is 3.66. The van der Waals surface area contributed by atoms with Gasteiger partial charge >= 0.3 is 0 Å². The fourth-order valence-corrected chi connectivity index (χ4v) is 6.07. The lowest BCUT2D eigenvalue weighted by Gasteiger charge is -2.29. The van der Waals surface area contributed by atoms with E-state index in [1.54, 1.807) is 27.7 Å². The van der Waals surface area contributed by atoms with E-state index in [0.29, 0.717) is 35.1 Å². The van der Waals surface area contributed by atoms with Gasteiger partial charge in [-0.15, -0.1) is 0 Å². The van der Waals surface area contributed by atoms with Gasteiger partial charge in [0.2, 0.25) is 0 Å². The van der Waals surface area contributed by atoms with Crippen molar-refractivity contribution in [3.8, 4) is 5.69 Å². The number of carbonyl (C=O) groups is 1. The smallest absolute Gasteiger partial charge is 0.262 e. The number of benzene rings is 1. The van der Waals surface area contributed by atoms with E-state index >= 15 is 0 Å². The molecule has 4 aromatic heterocycles. The minimum Gasteiger partial charge on any atom is -0.412 e. The van der Waals surface area contributed by atoms with E-state index in [2.05, 4.69) is 20.4 Å². The number of nitrogens with one attached hydrogen (secondary N) is 1. The Bertz CT molecular complexity index is 1660. The molecular weight excluding hydrogens is 530 g/mol. The standard InChI is InChI=1S/C27H29N9O2S.H2O/c1-18-5-7-21(8-6-18)36-24(31-27(37)22-16-29-35-12-4-11-28-26(22)35)15-23(32-36)20-9-13-34(14-10-20)39(38)25-17-33(3)19(2)30-25;/h4-8,11-12,15-17,20H,9-10,13-14H2,1-3H3,(H,31,37);1H2. The molecule has 12 nitrogen and oxygen atoms in total. The lowest BCUT2D eigenvalue weighted by molar-refractivity contribution is 0.102. The van der Waals surface area contributed by atoms with E-state index in [0.717, 1.165) is 35.6 Å². The van der Waals surface area contributed by atoms with Crippen LogP contribution in [0.5, 0.6) is 0 Å². The van der Waals surface area contributed by atoms with Gasteiger partial charge < -0.3 is 15.4 Å². The van der Waals surface area contributed by atoms with Crippen molar-refractivity contribution < 1.29 is 14.5 Å². The minimum atomic E-state index is -1.29. The molecule has 0 radical (unpaired) electrons. The van der Waals surface area contributed by atoms with Crippen molar-refractivity contribution in [2.24, 2.45) is 7.05 Å². The molecule has 0 aliphatic carbocycles. The van der Waals surface area contributed by atoms with E-state index in [1.165, 1.54) is 6.20 Å². The Morgan fingerprint density at radius 2 is 1.88 bits per heavy atom. The van der Waals surface area contributed by atoms with E-state index < -0.39 is 11.0 Å². The van der Waals surface area contributed by atoms with Crippen LogP contribution in [0.4, 0.5) is 5.82 Å². The van der Waals surface area contributed by atoms with Crippen LogP contribution in [0, 0.1) is 13.8 Å². The van der Waals surface area contributed by atoms with Crippen molar-refractivity contribution in [2.75, 3.05) is 18.4 Å². The van der Waals surface area contributed by atoms with Crippen LogP contribution >= 0.6 is 0 Å². The maximum Gasteiger partial charge on any atom is 0.262 e. The number of piperidine rings is 1. The number of nitrogens with zero attached hydrogens (tertiary/aromatic N) is 8. The number of amides is 1. The van der Waals surface area contributed by atoms with Crippen LogP contribution in [-0.2, 0) is 18.0 Å². The number of hydrogen-bond acceptors (Lipinski definition) is 6. The van der Waals surface area contributed by atoms with Gasteiger partial charge in [-0.05, 0) is 44.9 Å². The fraction of sp³-hybridized carbons (Fsp3) is 0.296. The van der Waals surface area contributed by atoms with Gasteiger partial charge in [0.25, 0.3) is 5.91 Å². The first kappa shape index (κ1) is 27.4. The molecule has 1 aliphatic heterocycles. The SMILES string of the molecule is Cc1ccc(-n2nc(C3CCN(S(=O)c4cn(C)c(C)n4)CC3)cc2NC(=O)c2cnn3cccnc23)cc1.O. The second kappa shape index (κ2) is 11.1. The van der Waals surface area contributed by atoms with E-state index in [9.17, 15) is 9.00 Å². The number of aromatic nitrogens is 7. The summed E-state index contributed by atoms with van der Waals surface area (Å²) < 4.78 is 20.3. The molecule has 1 atom stereocenters. The molecule has 1 unspecified atom stereocenters. The number of carbonyl (C=O) groups excluding carboxylic acids is 1. The molecule has 5 heterocycles. The van der Waals surface area contributed by atoms with Crippen molar-refractivity contribution in [3.05, 3.63) is 83.8 Å². The third-order valence-corrected chi connectivity index (χ3v) is 8.53. The summed E-state index contributed by atoms with van der Waals surface area (Å²) in [5.41, 5.74) is 3.75. The van der Waals surface area contributed by atoms with Crippen molar-refractivity contribution in [3.63, 3.8) is 0 Å². The van der Waals surface area contributed by atoms with Crippen LogP contribution in [0.25, 0.3) is 11.3 Å². The van der Waals surface area contributed by atoms with Crippen molar-refractivity contribution in [1.29, 1.82) is 0 Å². The summed E-state index contributed by atoms with van der Waals surface area (Å²) in [4.78, 5) is 22.0. The number of anilines is 1. The molecule has 1 saturated heterocycles. The van der Waals surface area contributed by atoms with Gasteiger partial charge in [-0.25, -0.2) is 27.7 Å². The number of hydrogen-bond donors (Lipinski definition) is 1. The summed E-state index contributed by atoms with van der Waals surface area (Å²) in [5.74, 6) is 1.28. The molecular formula is C27H31N9O3S. The Hall–Kier alpha value is -4.20. The highest BCUT2D eigenvalue weighted by Gasteiger charge is 2.28. The van der Waals surface area contributed by atoms with Crippen molar-refractivity contribution >= 4 is 28.4 Å². The molecule has 0 spiro atoms. The topological polar surface area (TPSA) is 147 Å². The summed E-state index contributed by atoms with van der Waals surface area (Å²) in [6.45, 7) is 5.27. The minimum absolute atomic E-state index is 0. The van der Waals surface area contributed by atoms with Gasteiger partial charge in [0.05, 0.1) is 17.6 Å². The molecule has 13 heteroatoms. The van der Waals surface area contributed by atoms with E-state index in [-0.39, 0.29) is 17.3 Å². The predicted molar refractivity (Wildman–Crippen MR) is 151 cm³/mol. The Kier molecular flexibility index (Phi) is 7.61. The van der Waals surface area contributed by atoms with Crippen molar-refractivity contribution in [2.45, 2.75) is 37.6 Å². The molecule has 1 fully saturated rings. The maximum absolute atomic E-state index is 13.3. The van der Waals surface area contributed by atoms with Crippen molar-refractivity contribution in [1.82, 2.24) is 38.2 Å². The highest BCUT2D eigenvalue weighted by Crippen LogP contribution is 2.31. The zero-order valence-corrected chi connectivity index (χ0v) is 23.3. The molecule has 5 aromatic rings. The highest BCUT2D eigenvalue weighted by atomic mass is 32.2. The van der Waals surface area contributed by atoms with E-state index in [4.69, 9.17) is 5.10 Å². The fourth-order valence-electron chi connectivity index (χ4n) is 4.80. The lowest BCUT2D eigenvalue weighted by atomic mass is 9.95. The summed E-state index contributed by atoms with van der Waals surface area (Å²) >= 11 is 0. The van der Waals surface area contributed by atoms with Gasteiger partial charge in [-0.1, -0.05) is 17.7 Å². The Morgan fingerprint density at radius 1 is 1.12 bits per heavy atom. The molecule has 0 bridgehead atoms. The lowest BCUT2D eigenvalue weighted by Crippen LogP contribution is -2.34. The first-order valence-corrected chi connectivity index (χ1v) is 13.9. The van der Waals surface area contributed by atoms with Crippen LogP contribution in [-0.4, -0.2) is 66.9 Å². The van der Waals surface area contributed by atoms with Crippen LogP contribution in [0.1, 0.15) is 46.2 Å². The van der Waals surface area contributed by atoms with Gasteiger partial charge in [0, 0.05) is 50.7 Å². The first-order chi connectivity index (χ1) is 18.9.